The van der Waals surface area contributed by atoms with Crippen LogP contribution in [0.5, 0.6) is 11.8 Å². The van der Waals surface area contributed by atoms with Crippen molar-refractivity contribution in [1.82, 2.24) is 9.55 Å². The van der Waals surface area contributed by atoms with Crippen molar-refractivity contribution >= 4 is 21.8 Å². The number of benzene rings is 2. The number of aliphatic hydroxyl groups excluding tert-OH is 2. The van der Waals surface area contributed by atoms with Crippen molar-refractivity contribution in [3.63, 3.8) is 0 Å². The summed E-state index contributed by atoms with van der Waals surface area (Å²) < 4.78 is 23.2. The zero-order valence-electron chi connectivity index (χ0n) is 15.0. The zero-order valence-corrected chi connectivity index (χ0v) is 15.0. The summed E-state index contributed by atoms with van der Waals surface area (Å²) in [6.45, 7) is -2.66. The predicted octanol–water partition coefficient (Wildman–Crippen LogP) is 2.73. The van der Waals surface area contributed by atoms with Gasteiger partial charge >= 0.3 is 13.0 Å². The molecular weight excluding hydrogens is 364 g/mol. The Balaban J connectivity index is 1.85. The van der Waals surface area contributed by atoms with E-state index in [1.54, 1.807) is 0 Å². The monoisotopic (exact) mass is 382 g/mol. The number of ether oxygens (including phenoxy) is 4. The highest BCUT2D eigenvalue weighted by atomic mass is 16.8. The molecule has 2 aromatic heterocycles. The molecule has 0 amide bonds. The number of fused-ring (bicyclic) bond motifs is 4. The number of nitrogens with zero attached hydrogens (tertiary/aromatic N) is 1. The SMILES string of the molecule is COC(O)Oc1[nH]c2ccccc2c1-c1c2n(c3ccccc13)COC(O)O2. The van der Waals surface area contributed by atoms with Gasteiger partial charge in [-0.1, -0.05) is 36.4 Å². The first-order chi connectivity index (χ1) is 13.7. The fourth-order valence-electron chi connectivity index (χ4n) is 3.64. The molecule has 0 spiro atoms. The summed E-state index contributed by atoms with van der Waals surface area (Å²) in [7, 11) is 1.35. The largest absolute Gasteiger partial charge is 0.425 e. The lowest BCUT2D eigenvalue weighted by Gasteiger charge is -2.23. The van der Waals surface area contributed by atoms with Gasteiger partial charge in [-0.3, -0.25) is 9.30 Å². The third-order valence-electron chi connectivity index (χ3n) is 4.82. The van der Waals surface area contributed by atoms with Crippen LogP contribution in [0.1, 0.15) is 0 Å². The van der Waals surface area contributed by atoms with Crippen LogP contribution in [0.3, 0.4) is 0 Å². The molecule has 0 saturated carbocycles. The van der Waals surface area contributed by atoms with Crippen LogP contribution in [0.25, 0.3) is 32.9 Å². The lowest BCUT2D eigenvalue weighted by molar-refractivity contribution is -0.254. The number of para-hydroxylation sites is 2. The maximum atomic E-state index is 9.91. The van der Waals surface area contributed by atoms with Gasteiger partial charge < -0.3 is 29.4 Å². The Morgan fingerprint density at radius 2 is 1.86 bits per heavy atom. The Bertz CT molecular complexity index is 1160. The third kappa shape index (κ3) is 2.54. The molecule has 2 atom stereocenters. The van der Waals surface area contributed by atoms with E-state index < -0.39 is 13.0 Å². The summed E-state index contributed by atoms with van der Waals surface area (Å²) in [6.07, 6.45) is 0. The first kappa shape index (κ1) is 17.1. The topological polar surface area (TPSA) is 98.1 Å². The number of methoxy groups -OCH3 is 1. The van der Waals surface area contributed by atoms with Gasteiger partial charge in [-0.05, 0) is 12.1 Å². The molecule has 8 nitrogen and oxygen atoms in total. The summed E-state index contributed by atoms with van der Waals surface area (Å²) in [5.41, 5.74) is 3.15. The lowest BCUT2D eigenvalue weighted by Crippen LogP contribution is -2.27. The van der Waals surface area contributed by atoms with Crippen LogP contribution in [-0.4, -0.2) is 39.8 Å². The average Bonchev–Trinajstić information content (AvgIpc) is 3.22. The van der Waals surface area contributed by atoms with Gasteiger partial charge in [0.2, 0.25) is 11.8 Å². The summed E-state index contributed by atoms with van der Waals surface area (Å²) in [5, 5.41) is 21.6. The third-order valence-corrected chi connectivity index (χ3v) is 4.82. The van der Waals surface area contributed by atoms with Crippen LogP contribution in [-0.2, 0) is 16.2 Å². The number of rotatable bonds is 4. The second kappa shape index (κ2) is 6.54. The van der Waals surface area contributed by atoms with Gasteiger partial charge in [0, 0.05) is 23.4 Å². The molecule has 4 aromatic rings. The van der Waals surface area contributed by atoms with E-state index in [1.807, 2.05) is 53.1 Å². The van der Waals surface area contributed by atoms with Crippen LogP contribution in [0, 0.1) is 0 Å². The minimum absolute atomic E-state index is 0.149. The highest BCUT2D eigenvalue weighted by Crippen LogP contribution is 2.48. The summed E-state index contributed by atoms with van der Waals surface area (Å²) in [6, 6.07) is 15.4. The maximum absolute atomic E-state index is 9.91. The molecule has 2 unspecified atom stereocenters. The molecule has 0 fully saturated rings. The molecular formula is C20H18N2O6. The number of H-pyrrole nitrogens is 1. The first-order valence-electron chi connectivity index (χ1n) is 8.73. The molecule has 5 rings (SSSR count). The molecule has 8 heteroatoms. The second-order valence-electron chi connectivity index (χ2n) is 6.38. The number of hydrogen-bond donors (Lipinski definition) is 3. The lowest BCUT2D eigenvalue weighted by atomic mass is 10.0. The molecule has 1 aliphatic rings. The summed E-state index contributed by atoms with van der Waals surface area (Å²) in [5.74, 6) is 0.792. The van der Waals surface area contributed by atoms with Gasteiger partial charge in [0.05, 0.1) is 16.6 Å². The summed E-state index contributed by atoms with van der Waals surface area (Å²) in [4.78, 5) is 3.18. The van der Waals surface area contributed by atoms with E-state index in [-0.39, 0.29) is 6.73 Å². The molecule has 2 aromatic carbocycles. The van der Waals surface area contributed by atoms with Gasteiger partial charge in [-0.15, -0.1) is 0 Å². The van der Waals surface area contributed by atoms with Crippen LogP contribution >= 0.6 is 0 Å². The Labute approximate surface area is 159 Å². The van der Waals surface area contributed by atoms with Gasteiger partial charge in [0.15, 0.2) is 0 Å². The van der Waals surface area contributed by atoms with Gasteiger partial charge in [0.25, 0.3) is 0 Å². The van der Waals surface area contributed by atoms with Crippen LogP contribution in [0.4, 0.5) is 0 Å². The normalized spacial score (nSPS) is 17.5. The van der Waals surface area contributed by atoms with E-state index in [4.69, 9.17) is 18.9 Å². The van der Waals surface area contributed by atoms with E-state index in [9.17, 15) is 10.2 Å². The Morgan fingerprint density at radius 1 is 1.11 bits per heavy atom. The highest BCUT2D eigenvalue weighted by Gasteiger charge is 2.30. The van der Waals surface area contributed by atoms with E-state index in [0.717, 1.165) is 27.4 Å². The standard InChI is InChI=1S/C20H18N2O6/c1-25-19(23)27-17-15(11-6-2-4-8-13(11)21-17)16-12-7-3-5-9-14(12)22-10-26-20(24)28-18(16)22/h2-9,19-21,23-24H,10H2,1H3. The number of nitrogens with one attached hydrogen (secondary N) is 1. The maximum Gasteiger partial charge on any atom is 0.316 e. The number of hydrogen-bond acceptors (Lipinski definition) is 6. The van der Waals surface area contributed by atoms with E-state index in [2.05, 4.69) is 4.98 Å². The van der Waals surface area contributed by atoms with Crippen molar-refractivity contribution in [2.24, 2.45) is 0 Å². The van der Waals surface area contributed by atoms with Crippen molar-refractivity contribution in [3.05, 3.63) is 48.5 Å². The van der Waals surface area contributed by atoms with Gasteiger partial charge in [-0.25, -0.2) is 0 Å². The molecule has 0 aliphatic carbocycles. The van der Waals surface area contributed by atoms with E-state index in [0.29, 0.717) is 17.3 Å². The fraction of sp³-hybridized carbons (Fsp3) is 0.200. The smallest absolute Gasteiger partial charge is 0.316 e. The zero-order chi connectivity index (χ0) is 19.3. The molecule has 1 aliphatic heterocycles. The number of aromatic nitrogens is 2. The highest BCUT2D eigenvalue weighted by molar-refractivity contribution is 6.09. The van der Waals surface area contributed by atoms with Crippen LogP contribution in [0.2, 0.25) is 0 Å². The van der Waals surface area contributed by atoms with E-state index >= 15 is 0 Å². The van der Waals surface area contributed by atoms with Gasteiger partial charge in [0.1, 0.15) is 6.73 Å². The molecule has 3 N–H and O–H groups in total. The van der Waals surface area contributed by atoms with Crippen LogP contribution < -0.4 is 9.47 Å². The quantitative estimate of drug-likeness (QED) is 0.470. The summed E-state index contributed by atoms with van der Waals surface area (Å²) >= 11 is 0. The Hall–Kier alpha value is -3.04. The molecule has 0 saturated heterocycles. The minimum atomic E-state index is -1.44. The first-order valence-corrected chi connectivity index (χ1v) is 8.73. The van der Waals surface area contributed by atoms with Gasteiger partial charge in [-0.2, -0.15) is 0 Å². The second-order valence-corrected chi connectivity index (χ2v) is 6.38. The number of aliphatic hydroxyl groups is 2. The predicted molar refractivity (Wildman–Crippen MR) is 101 cm³/mol. The molecule has 28 heavy (non-hydrogen) atoms. The van der Waals surface area contributed by atoms with Crippen molar-refractivity contribution in [3.8, 4) is 22.9 Å². The Kier molecular flexibility index (Phi) is 3.99. The Morgan fingerprint density at radius 3 is 2.68 bits per heavy atom. The molecule has 3 heterocycles. The molecule has 0 radical (unpaired) electrons. The number of aromatic amines is 1. The average molecular weight is 382 g/mol. The fourth-order valence-corrected chi connectivity index (χ4v) is 3.64. The van der Waals surface area contributed by atoms with Crippen LogP contribution in [0.15, 0.2) is 48.5 Å². The van der Waals surface area contributed by atoms with Crippen molar-refractivity contribution < 1.29 is 29.2 Å². The van der Waals surface area contributed by atoms with Crippen molar-refractivity contribution in [2.45, 2.75) is 19.7 Å². The molecule has 0 bridgehead atoms. The van der Waals surface area contributed by atoms with Crippen molar-refractivity contribution in [1.29, 1.82) is 0 Å². The molecule has 144 valence electrons. The minimum Gasteiger partial charge on any atom is -0.425 e. The van der Waals surface area contributed by atoms with Crippen molar-refractivity contribution in [2.75, 3.05) is 7.11 Å². The van der Waals surface area contributed by atoms with E-state index in [1.165, 1.54) is 7.11 Å².